The summed E-state index contributed by atoms with van der Waals surface area (Å²) in [7, 11) is 1.71. The van der Waals surface area contributed by atoms with E-state index in [1.165, 1.54) is 6.20 Å². The average Bonchev–Trinajstić information content (AvgIpc) is 3.25. The number of morpholine rings is 1. The van der Waals surface area contributed by atoms with E-state index in [-0.39, 0.29) is 11.9 Å². The molecule has 1 saturated heterocycles. The number of halogens is 1. The molecule has 0 unspecified atom stereocenters. The van der Waals surface area contributed by atoms with Crippen LogP contribution in [0.3, 0.4) is 0 Å². The van der Waals surface area contributed by atoms with Crippen molar-refractivity contribution in [3.8, 4) is 11.1 Å². The minimum atomic E-state index is -0.372. The normalized spacial score (nSPS) is 17.6. The molecule has 0 spiro atoms. The SMILES string of the molecule is C/N=C(/c1cc[nH]n1)c1nc(N2CCOC[C@H]2C)cc(-c2ccncc2F)c1C. The summed E-state index contributed by atoms with van der Waals surface area (Å²) < 4.78 is 20.2. The largest absolute Gasteiger partial charge is 0.377 e. The van der Waals surface area contributed by atoms with Crippen LogP contribution in [0.5, 0.6) is 0 Å². The summed E-state index contributed by atoms with van der Waals surface area (Å²) in [5, 5.41) is 7.09. The summed E-state index contributed by atoms with van der Waals surface area (Å²) in [6.45, 7) is 5.99. The van der Waals surface area contributed by atoms with Gasteiger partial charge in [-0.3, -0.25) is 15.1 Å². The molecule has 0 radical (unpaired) electrons. The third kappa shape index (κ3) is 3.63. The van der Waals surface area contributed by atoms with E-state index in [4.69, 9.17) is 9.72 Å². The van der Waals surface area contributed by atoms with E-state index < -0.39 is 0 Å². The van der Waals surface area contributed by atoms with Gasteiger partial charge in [-0.2, -0.15) is 5.10 Å². The first-order valence-electron chi connectivity index (χ1n) is 9.53. The zero-order valence-corrected chi connectivity index (χ0v) is 16.7. The molecule has 1 N–H and O–H groups in total. The maximum absolute atomic E-state index is 14.6. The smallest absolute Gasteiger partial charge is 0.149 e. The van der Waals surface area contributed by atoms with Crippen molar-refractivity contribution >= 4 is 11.5 Å². The number of hydrogen-bond donors (Lipinski definition) is 1. The zero-order chi connectivity index (χ0) is 20.4. The minimum absolute atomic E-state index is 0.161. The summed E-state index contributed by atoms with van der Waals surface area (Å²) in [6, 6.07) is 5.64. The van der Waals surface area contributed by atoms with Gasteiger partial charge in [-0.15, -0.1) is 0 Å². The highest BCUT2D eigenvalue weighted by atomic mass is 19.1. The molecule has 0 bridgehead atoms. The van der Waals surface area contributed by atoms with Crippen molar-refractivity contribution in [3.63, 3.8) is 0 Å². The van der Waals surface area contributed by atoms with Crippen LogP contribution in [0.2, 0.25) is 0 Å². The molecule has 4 rings (SSSR count). The van der Waals surface area contributed by atoms with Crippen molar-refractivity contribution in [2.75, 3.05) is 31.7 Å². The van der Waals surface area contributed by atoms with Crippen molar-refractivity contribution < 1.29 is 9.13 Å². The number of hydrogen-bond acceptors (Lipinski definition) is 6. The van der Waals surface area contributed by atoms with Crippen molar-refractivity contribution in [2.24, 2.45) is 4.99 Å². The lowest BCUT2D eigenvalue weighted by Gasteiger charge is -2.35. The first-order valence-corrected chi connectivity index (χ1v) is 9.53. The van der Waals surface area contributed by atoms with Gasteiger partial charge < -0.3 is 9.64 Å². The molecule has 0 aromatic carbocycles. The van der Waals surface area contributed by atoms with Crippen molar-refractivity contribution in [2.45, 2.75) is 19.9 Å². The first-order chi connectivity index (χ1) is 14.1. The van der Waals surface area contributed by atoms with Gasteiger partial charge in [-0.25, -0.2) is 9.37 Å². The van der Waals surface area contributed by atoms with Gasteiger partial charge in [0.25, 0.3) is 0 Å². The molecule has 1 fully saturated rings. The third-order valence-electron chi connectivity index (χ3n) is 5.17. The second-order valence-electron chi connectivity index (χ2n) is 7.01. The number of rotatable bonds is 4. The lowest BCUT2D eigenvalue weighted by Crippen LogP contribution is -2.44. The molecule has 0 aliphatic carbocycles. The second-order valence-corrected chi connectivity index (χ2v) is 7.01. The molecule has 29 heavy (non-hydrogen) atoms. The Morgan fingerprint density at radius 3 is 2.90 bits per heavy atom. The minimum Gasteiger partial charge on any atom is -0.377 e. The van der Waals surface area contributed by atoms with Crippen molar-refractivity contribution in [3.05, 3.63) is 59.6 Å². The van der Waals surface area contributed by atoms with Crippen LogP contribution in [0.4, 0.5) is 10.2 Å². The van der Waals surface area contributed by atoms with E-state index in [2.05, 4.69) is 32.0 Å². The van der Waals surface area contributed by atoms with Crippen LogP contribution in [0.1, 0.15) is 23.9 Å². The van der Waals surface area contributed by atoms with Gasteiger partial charge in [-0.05, 0) is 43.2 Å². The predicted octanol–water partition coefficient (Wildman–Crippen LogP) is 3.01. The van der Waals surface area contributed by atoms with E-state index in [0.717, 1.165) is 23.5 Å². The van der Waals surface area contributed by atoms with Crippen molar-refractivity contribution in [1.29, 1.82) is 0 Å². The second kappa shape index (κ2) is 8.08. The molecular weight excluding hydrogens is 371 g/mol. The Morgan fingerprint density at radius 1 is 1.34 bits per heavy atom. The Bertz CT molecular complexity index is 1030. The Labute approximate surface area is 168 Å². The summed E-state index contributed by atoms with van der Waals surface area (Å²) >= 11 is 0. The summed E-state index contributed by atoms with van der Waals surface area (Å²) in [5.74, 6) is 0.396. The summed E-state index contributed by atoms with van der Waals surface area (Å²) in [4.78, 5) is 15.5. The number of aliphatic imine (C=N–C) groups is 1. The lowest BCUT2D eigenvalue weighted by molar-refractivity contribution is 0.0985. The van der Waals surface area contributed by atoms with E-state index in [1.54, 1.807) is 25.5 Å². The molecule has 3 aromatic heterocycles. The molecule has 4 heterocycles. The van der Waals surface area contributed by atoms with Gasteiger partial charge in [0.1, 0.15) is 23.0 Å². The Kier molecular flexibility index (Phi) is 5.35. The molecule has 1 atom stereocenters. The lowest BCUT2D eigenvalue weighted by atomic mass is 9.97. The standard InChI is InChI=1S/C21H23FN6O/c1-13-12-29-9-8-28(13)19-10-16(15-4-6-24-11-17(15)22)14(2)20(26-19)21(23-3)18-5-7-25-27-18/h4-7,10-11,13H,8-9,12H2,1-3H3,(H,25,27)/b23-21-/t13-/m1/s1. The fraction of sp³-hybridized carbons (Fsp3) is 0.333. The number of nitrogens with one attached hydrogen (secondary N) is 1. The number of anilines is 1. The van der Waals surface area contributed by atoms with E-state index in [1.807, 2.05) is 19.1 Å². The maximum atomic E-state index is 14.6. The van der Waals surface area contributed by atoms with Crippen LogP contribution in [0.25, 0.3) is 11.1 Å². The average molecular weight is 394 g/mol. The number of aromatic amines is 1. The molecule has 8 heteroatoms. The predicted molar refractivity (Wildman–Crippen MR) is 110 cm³/mol. The van der Waals surface area contributed by atoms with Gasteiger partial charge in [0, 0.05) is 31.5 Å². The van der Waals surface area contributed by atoms with Crippen LogP contribution >= 0.6 is 0 Å². The zero-order valence-electron chi connectivity index (χ0n) is 16.7. The fourth-order valence-corrected chi connectivity index (χ4v) is 3.65. The Balaban J connectivity index is 1.94. The van der Waals surface area contributed by atoms with Crippen LogP contribution in [0.15, 0.2) is 41.8 Å². The first kappa shape index (κ1) is 19.2. The number of nitrogens with zero attached hydrogens (tertiary/aromatic N) is 5. The molecule has 1 aliphatic rings. The molecule has 0 amide bonds. The number of ether oxygens (including phenoxy) is 1. The molecule has 7 nitrogen and oxygen atoms in total. The number of H-pyrrole nitrogens is 1. The summed E-state index contributed by atoms with van der Waals surface area (Å²) in [5.41, 5.74) is 4.12. The molecule has 1 aliphatic heterocycles. The topological polar surface area (TPSA) is 79.3 Å². The van der Waals surface area contributed by atoms with Gasteiger partial charge >= 0.3 is 0 Å². The third-order valence-corrected chi connectivity index (χ3v) is 5.17. The van der Waals surface area contributed by atoms with Crippen LogP contribution in [-0.2, 0) is 4.74 Å². The molecule has 3 aromatic rings. The van der Waals surface area contributed by atoms with Crippen LogP contribution < -0.4 is 4.90 Å². The maximum Gasteiger partial charge on any atom is 0.149 e. The van der Waals surface area contributed by atoms with Gasteiger partial charge in [0.2, 0.25) is 0 Å². The highest BCUT2D eigenvalue weighted by Crippen LogP contribution is 2.32. The molecular formula is C21H23FN6O. The van der Waals surface area contributed by atoms with Gasteiger partial charge in [-0.1, -0.05) is 0 Å². The number of pyridine rings is 2. The van der Waals surface area contributed by atoms with Crippen LogP contribution in [0, 0.1) is 12.7 Å². The Morgan fingerprint density at radius 2 is 2.21 bits per heavy atom. The highest BCUT2D eigenvalue weighted by molar-refractivity contribution is 6.12. The number of aromatic nitrogens is 4. The fourth-order valence-electron chi connectivity index (χ4n) is 3.65. The van der Waals surface area contributed by atoms with E-state index in [0.29, 0.717) is 35.9 Å². The van der Waals surface area contributed by atoms with E-state index in [9.17, 15) is 4.39 Å². The Hall–Kier alpha value is -3.13. The van der Waals surface area contributed by atoms with E-state index >= 15 is 0 Å². The van der Waals surface area contributed by atoms with Gasteiger partial charge in [0.15, 0.2) is 0 Å². The van der Waals surface area contributed by atoms with Crippen LogP contribution in [-0.4, -0.2) is 58.7 Å². The quantitative estimate of drug-likeness (QED) is 0.688. The monoisotopic (exact) mass is 394 g/mol. The van der Waals surface area contributed by atoms with Gasteiger partial charge in [0.05, 0.1) is 31.1 Å². The molecule has 150 valence electrons. The molecule has 0 saturated carbocycles. The summed E-state index contributed by atoms with van der Waals surface area (Å²) in [6.07, 6.45) is 4.57. The highest BCUT2D eigenvalue weighted by Gasteiger charge is 2.25. The van der Waals surface area contributed by atoms with Crippen molar-refractivity contribution in [1.82, 2.24) is 20.2 Å².